The van der Waals surface area contributed by atoms with E-state index in [0.717, 1.165) is 0 Å². The molecule has 0 aliphatic carbocycles. The SMILES string of the molecule is CCOC(=O)C1=C(CN2CC(F)(F)C(C)(C)[C@H]2CCC(=O)O)NC(c2nccs2)=N[C@H]1c1ccccc1Cl. The van der Waals surface area contributed by atoms with E-state index in [1.54, 1.807) is 47.7 Å². The van der Waals surface area contributed by atoms with Crippen LogP contribution in [0.4, 0.5) is 8.78 Å². The topological polar surface area (TPSA) is 104 Å². The van der Waals surface area contributed by atoms with Crippen molar-refractivity contribution >= 4 is 40.7 Å². The molecule has 2 atom stereocenters. The first-order chi connectivity index (χ1) is 18.0. The summed E-state index contributed by atoms with van der Waals surface area (Å²) in [5.41, 5.74) is -0.441. The highest BCUT2D eigenvalue weighted by atomic mass is 35.5. The number of nitrogens with zero attached hydrogens (tertiary/aromatic N) is 3. The van der Waals surface area contributed by atoms with Gasteiger partial charge in [0.25, 0.3) is 5.92 Å². The lowest BCUT2D eigenvalue weighted by Gasteiger charge is -2.35. The Bertz CT molecular complexity index is 1270. The van der Waals surface area contributed by atoms with Crippen LogP contribution in [0, 0.1) is 5.41 Å². The summed E-state index contributed by atoms with van der Waals surface area (Å²) in [6.45, 7) is 4.00. The van der Waals surface area contributed by atoms with Crippen molar-refractivity contribution in [2.24, 2.45) is 10.4 Å². The largest absolute Gasteiger partial charge is 0.481 e. The van der Waals surface area contributed by atoms with Gasteiger partial charge in [-0.25, -0.2) is 18.6 Å². The van der Waals surface area contributed by atoms with Crippen molar-refractivity contribution in [3.63, 3.8) is 0 Å². The van der Waals surface area contributed by atoms with E-state index in [-0.39, 0.29) is 31.6 Å². The van der Waals surface area contributed by atoms with Crippen molar-refractivity contribution in [2.75, 3.05) is 19.7 Å². The van der Waals surface area contributed by atoms with Crippen molar-refractivity contribution in [1.82, 2.24) is 15.2 Å². The minimum Gasteiger partial charge on any atom is -0.481 e. The molecule has 1 fully saturated rings. The van der Waals surface area contributed by atoms with Gasteiger partial charge in [0.05, 0.1) is 18.7 Å². The molecule has 2 aliphatic heterocycles. The second-order valence-corrected chi connectivity index (χ2v) is 11.1. The number of amidine groups is 1. The van der Waals surface area contributed by atoms with Gasteiger partial charge in [-0.05, 0) is 19.4 Å². The fraction of sp³-hybridized carbons (Fsp3) is 0.462. The number of likely N-dealkylation sites (tertiary alicyclic amines) is 1. The number of ether oxygens (including phenoxy) is 1. The molecular formula is C26H29ClF2N4O4S. The molecular weight excluding hydrogens is 538 g/mol. The lowest BCUT2D eigenvalue weighted by atomic mass is 9.79. The van der Waals surface area contributed by atoms with E-state index in [1.165, 1.54) is 25.2 Å². The van der Waals surface area contributed by atoms with Gasteiger partial charge in [-0.3, -0.25) is 14.7 Å². The van der Waals surface area contributed by atoms with Crippen LogP contribution in [0.25, 0.3) is 0 Å². The number of esters is 1. The normalized spacial score (nSPS) is 22.6. The third-order valence-electron chi connectivity index (χ3n) is 7.07. The molecule has 12 heteroatoms. The lowest BCUT2D eigenvalue weighted by molar-refractivity contribution is -0.139. The van der Waals surface area contributed by atoms with E-state index in [0.29, 0.717) is 27.1 Å². The Labute approximate surface area is 228 Å². The number of halogens is 3. The van der Waals surface area contributed by atoms with Crippen molar-refractivity contribution < 1.29 is 28.2 Å². The van der Waals surface area contributed by atoms with Gasteiger partial charge in [0.15, 0.2) is 10.8 Å². The fourth-order valence-corrected chi connectivity index (χ4v) is 5.81. The van der Waals surface area contributed by atoms with Crippen LogP contribution in [0.2, 0.25) is 5.02 Å². The number of thiazole rings is 1. The summed E-state index contributed by atoms with van der Waals surface area (Å²) in [5.74, 6) is -4.41. The van der Waals surface area contributed by atoms with Crippen LogP contribution in [-0.4, -0.2) is 64.4 Å². The number of carboxylic acid groups (broad SMARTS) is 1. The van der Waals surface area contributed by atoms with Crippen LogP contribution in [0.15, 0.2) is 52.1 Å². The number of rotatable bonds is 9. The summed E-state index contributed by atoms with van der Waals surface area (Å²) in [4.78, 5) is 35.3. The number of aromatic nitrogens is 1. The van der Waals surface area contributed by atoms with E-state index >= 15 is 8.78 Å². The van der Waals surface area contributed by atoms with Crippen molar-refractivity contribution in [2.45, 2.75) is 51.6 Å². The van der Waals surface area contributed by atoms with Crippen LogP contribution >= 0.6 is 22.9 Å². The van der Waals surface area contributed by atoms with Gasteiger partial charge in [-0.2, -0.15) is 0 Å². The number of carbonyl (C=O) groups is 2. The molecule has 0 unspecified atom stereocenters. The third kappa shape index (κ3) is 5.45. The average Bonchev–Trinajstić information content (AvgIpc) is 3.43. The van der Waals surface area contributed by atoms with Crippen LogP contribution in [0.1, 0.15) is 50.2 Å². The Kier molecular flexibility index (Phi) is 8.20. The molecule has 0 saturated carbocycles. The first kappa shape index (κ1) is 28.1. The molecule has 0 amide bonds. The third-order valence-corrected chi connectivity index (χ3v) is 8.19. The van der Waals surface area contributed by atoms with Gasteiger partial charge in [0, 0.05) is 52.3 Å². The molecule has 1 aromatic carbocycles. The zero-order chi connectivity index (χ0) is 27.7. The van der Waals surface area contributed by atoms with E-state index < -0.39 is 41.9 Å². The number of aliphatic imine (C=N–C) groups is 1. The van der Waals surface area contributed by atoms with Gasteiger partial charge in [0.1, 0.15) is 6.04 Å². The molecule has 2 aliphatic rings. The number of benzene rings is 1. The molecule has 0 radical (unpaired) electrons. The molecule has 0 spiro atoms. The fourth-order valence-electron chi connectivity index (χ4n) is 4.98. The smallest absolute Gasteiger partial charge is 0.338 e. The predicted molar refractivity (Wildman–Crippen MR) is 141 cm³/mol. The number of alkyl halides is 2. The maximum Gasteiger partial charge on any atom is 0.338 e. The van der Waals surface area contributed by atoms with Crippen LogP contribution in [0.5, 0.6) is 0 Å². The Hall–Kier alpha value is -2.89. The summed E-state index contributed by atoms with van der Waals surface area (Å²) in [7, 11) is 0. The molecule has 8 nitrogen and oxygen atoms in total. The van der Waals surface area contributed by atoms with E-state index in [4.69, 9.17) is 21.3 Å². The first-order valence-corrected chi connectivity index (χ1v) is 13.4. The minimum atomic E-state index is -3.08. The second-order valence-electron chi connectivity index (χ2n) is 9.76. The molecule has 4 rings (SSSR count). The summed E-state index contributed by atoms with van der Waals surface area (Å²) in [6, 6.07) is 5.34. The number of aliphatic carboxylic acids is 1. The maximum absolute atomic E-state index is 15.2. The monoisotopic (exact) mass is 566 g/mol. The summed E-state index contributed by atoms with van der Waals surface area (Å²) >= 11 is 7.85. The summed E-state index contributed by atoms with van der Waals surface area (Å²) in [5, 5.41) is 15.1. The zero-order valence-electron chi connectivity index (χ0n) is 21.2. The molecule has 2 N–H and O–H groups in total. The summed E-state index contributed by atoms with van der Waals surface area (Å²) < 4.78 is 35.8. The molecule has 204 valence electrons. The standard InChI is InChI=1S/C26H29ClF2N4O4S/c1-4-37-24(36)20-17(13-33-14-26(28,29)25(2,3)18(33)9-10-19(34)35)31-22(23-30-11-12-38-23)32-21(20)15-7-5-6-8-16(15)27/h5-8,11-12,18,21H,4,9-10,13-14H2,1-3H3,(H,31,32)(H,34,35)/t18-,21+/m1/s1. The Morgan fingerprint density at radius 2 is 2.05 bits per heavy atom. The molecule has 0 bridgehead atoms. The van der Waals surface area contributed by atoms with Crippen molar-refractivity contribution in [3.8, 4) is 0 Å². The number of hydrogen-bond acceptors (Lipinski definition) is 8. The lowest BCUT2D eigenvalue weighted by Crippen LogP contribution is -2.44. The maximum atomic E-state index is 15.2. The second kappa shape index (κ2) is 11.1. The Morgan fingerprint density at radius 1 is 1.32 bits per heavy atom. The van der Waals surface area contributed by atoms with Gasteiger partial charge in [0.2, 0.25) is 0 Å². The molecule has 3 heterocycles. The summed E-state index contributed by atoms with van der Waals surface area (Å²) in [6.07, 6.45) is 1.39. The van der Waals surface area contributed by atoms with Crippen LogP contribution in [0.3, 0.4) is 0 Å². The number of carbonyl (C=O) groups excluding carboxylic acids is 1. The average molecular weight is 567 g/mol. The molecule has 1 aromatic heterocycles. The van der Waals surface area contributed by atoms with Gasteiger partial charge in [-0.1, -0.05) is 43.6 Å². The number of hydrogen-bond donors (Lipinski definition) is 2. The van der Waals surface area contributed by atoms with E-state index in [1.807, 2.05) is 0 Å². The van der Waals surface area contributed by atoms with E-state index in [9.17, 15) is 14.7 Å². The van der Waals surface area contributed by atoms with Crippen molar-refractivity contribution in [3.05, 3.63) is 62.7 Å². The highest BCUT2D eigenvalue weighted by Crippen LogP contribution is 2.49. The van der Waals surface area contributed by atoms with Crippen LogP contribution < -0.4 is 5.32 Å². The highest BCUT2D eigenvalue weighted by molar-refractivity contribution is 7.11. The van der Waals surface area contributed by atoms with Gasteiger partial charge >= 0.3 is 11.9 Å². The zero-order valence-corrected chi connectivity index (χ0v) is 22.8. The molecule has 38 heavy (non-hydrogen) atoms. The number of carboxylic acids is 1. The van der Waals surface area contributed by atoms with Gasteiger partial charge < -0.3 is 15.2 Å². The van der Waals surface area contributed by atoms with E-state index in [2.05, 4.69) is 10.3 Å². The Balaban J connectivity index is 1.82. The quantitative estimate of drug-likeness (QED) is 0.415. The highest BCUT2D eigenvalue weighted by Gasteiger charge is 2.60. The first-order valence-electron chi connectivity index (χ1n) is 12.2. The Morgan fingerprint density at radius 3 is 2.68 bits per heavy atom. The predicted octanol–water partition coefficient (Wildman–Crippen LogP) is 4.92. The minimum absolute atomic E-state index is 0.0291. The molecule has 2 aromatic rings. The molecule has 1 saturated heterocycles. The number of nitrogens with one attached hydrogen (secondary N) is 1. The van der Waals surface area contributed by atoms with Gasteiger partial charge in [-0.15, -0.1) is 11.3 Å². The van der Waals surface area contributed by atoms with Crippen LogP contribution in [-0.2, 0) is 14.3 Å². The van der Waals surface area contributed by atoms with Crippen molar-refractivity contribution in [1.29, 1.82) is 0 Å².